The number of rotatable bonds is 7. The predicted molar refractivity (Wildman–Crippen MR) is 125 cm³/mol. The number of hydrogen-bond donors (Lipinski definition) is 2. The molecule has 3 unspecified atom stereocenters. The number of piperazine rings is 1. The van der Waals surface area contributed by atoms with Crippen LogP contribution in [-0.2, 0) is 16.0 Å². The topological polar surface area (TPSA) is 93.7 Å². The molecule has 1 saturated carbocycles. The Labute approximate surface area is 190 Å². The van der Waals surface area contributed by atoms with E-state index in [0.29, 0.717) is 17.8 Å². The standard InChI is InChI=1S/C25H35N5O2/c1-2-11-28-12-8-18(23(28)31)5-3-17-4-6-19(20(26)16-17)22(27)24(32)30-15-14-29-13-10-25(29)9-7-21(25)30/h4,6,16,18,21,27H,2-3,5,7-15,26H2,1H3. The van der Waals surface area contributed by atoms with Gasteiger partial charge in [0.2, 0.25) is 5.91 Å². The number of amides is 2. The summed E-state index contributed by atoms with van der Waals surface area (Å²) in [7, 11) is 0. The molecule has 5 rings (SSSR count). The molecule has 172 valence electrons. The van der Waals surface area contributed by atoms with Crippen molar-refractivity contribution in [3.63, 3.8) is 0 Å². The molecule has 1 aliphatic carbocycles. The van der Waals surface area contributed by atoms with Crippen LogP contribution in [0.25, 0.3) is 0 Å². The highest BCUT2D eigenvalue weighted by atomic mass is 16.2. The van der Waals surface area contributed by atoms with Crippen molar-refractivity contribution < 1.29 is 9.59 Å². The molecule has 0 radical (unpaired) electrons. The fraction of sp³-hybridized carbons (Fsp3) is 0.640. The van der Waals surface area contributed by atoms with Gasteiger partial charge in [-0.3, -0.25) is 19.9 Å². The van der Waals surface area contributed by atoms with Gasteiger partial charge < -0.3 is 15.5 Å². The Kier molecular flexibility index (Phi) is 5.48. The third-order valence-corrected chi connectivity index (χ3v) is 8.45. The predicted octanol–water partition coefficient (Wildman–Crippen LogP) is 2.28. The maximum absolute atomic E-state index is 13.2. The first-order valence-corrected chi connectivity index (χ1v) is 12.3. The van der Waals surface area contributed by atoms with E-state index in [2.05, 4.69) is 11.8 Å². The van der Waals surface area contributed by atoms with Crippen molar-refractivity contribution in [3.05, 3.63) is 29.3 Å². The summed E-state index contributed by atoms with van der Waals surface area (Å²) < 4.78 is 0. The Morgan fingerprint density at radius 3 is 2.69 bits per heavy atom. The number of aryl methyl sites for hydroxylation is 1. The van der Waals surface area contributed by atoms with Crippen LogP contribution in [-0.4, -0.2) is 76.5 Å². The molecule has 7 heteroatoms. The van der Waals surface area contributed by atoms with E-state index in [1.165, 1.54) is 12.8 Å². The van der Waals surface area contributed by atoms with Crippen molar-refractivity contribution in [1.29, 1.82) is 5.41 Å². The second-order valence-corrected chi connectivity index (χ2v) is 10.0. The zero-order valence-electron chi connectivity index (χ0n) is 19.1. The summed E-state index contributed by atoms with van der Waals surface area (Å²) in [6, 6.07) is 5.93. The molecule has 3 saturated heterocycles. The molecule has 1 aromatic carbocycles. The molecule has 3 aliphatic heterocycles. The van der Waals surface area contributed by atoms with Crippen molar-refractivity contribution in [3.8, 4) is 0 Å². The maximum atomic E-state index is 13.2. The normalized spacial score (nSPS) is 29.2. The largest absolute Gasteiger partial charge is 0.398 e. The minimum absolute atomic E-state index is 0.00468. The number of carbonyl (C=O) groups excluding carboxylic acids is 2. The molecular weight excluding hydrogens is 402 g/mol. The van der Waals surface area contributed by atoms with Crippen molar-refractivity contribution >= 4 is 23.2 Å². The Balaban J connectivity index is 1.21. The van der Waals surface area contributed by atoms with E-state index in [9.17, 15) is 9.59 Å². The molecule has 0 aromatic heterocycles. The number of nitrogens with zero attached hydrogens (tertiary/aromatic N) is 3. The average molecular weight is 438 g/mol. The van der Waals surface area contributed by atoms with Crippen LogP contribution < -0.4 is 5.73 Å². The maximum Gasteiger partial charge on any atom is 0.272 e. The summed E-state index contributed by atoms with van der Waals surface area (Å²) in [6.07, 6.45) is 6.92. The van der Waals surface area contributed by atoms with Crippen LogP contribution in [0.15, 0.2) is 18.2 Å². The molecule has 1 spiro atoms. The summed E-state index contributed by atoms with van der Waals surface area (Å²) in [5.74, 6) is 0.194. The van der Waals surface area contributed by atoms with Crippen LogP contribution in [0.2, 0.25) is 0 Å². The lowest BCUT2D eigenvalue weighted by Gasteiger charge is -2.68. The van der Waals surface area contributed by atoms with Crippen LogP contribution in [0, 0.1) is 11.3 Å². The van der Waals surface area contributed by atoms with Gasteiger partial charge in [0.15, 0.2) is 0 Å². The summed E-state index contributed by atoms with van der Waals surface area (Å²) in [6.45, 7) is 6.59. The van der Waals surface area contributed by atoms with E-state index in [0.717, 1.165) is 63.8 Å². The van der Waals surface area contributed by atoms with Gasteiger partial charge in [-0.1, -0.05) is 19.1 Å². The van der Waals surface area contributed by atoms with Crippen molar-refractivity contribution in [2.24, 2.45) is 5.92 Å². The Morgan fingerprint density at radius 1 is 1.19 bits per heavy atom. The quantitative estimate of drug-likeness (QED) is 0.505. The highest BCUT2D eigenvalue weighted by molar-refractivity contribution is 6.45. The van der Waals surface area contributed by atoms with Gasteiger partial charge in [0, 0.05) is 55.4 Å². The van der Waals surface area contributed by atoms with E-state index < -0.39 is 0 Å². The number of likely N-dealkylation sites (tertiary alicyclic amines) is 1. The molecule has 3 atom stereocenters. The molecule has 0 bridgehead atoms. The molecule has 3 N–H and O–H groups in total. The van der Waals surface area contributed by atoms with Crippen LogP contribution in [0.5, 0.6) is 0 Å². The third kappa shape index (κ3) is 3.33. The number of carbonyl (C=O) groups is 2. The van der Waals surface area contributed by atoms with E-state index in [-0.39, 0.29) is 35.0 Å². The number of benzene rings is 1. The second kappa shape index (κ2) is 8.18. The molecule has 3 heterocycles. The van der Waals surface area contributed by atoms with Gasteiger partial charge in [-0.15, -0.1) is 0 Å². The molecule has 7 nitrogen and oxygen atoms in total. The van der Waals surface area contributed by atoms with Gasteiger partial charge in [-0.2, -0.15) is 0 Å². The van der Waals surface area contributed by atoms with Gasteiger partial charge in [0.25, 0.3) is 5.91 Å². The van der Waals surface area contributed by atoms with Crippen LogP contribution in [0.4, 0.5) is 5.69 Å². The van der Waals surface area contributed by atoms with Crippen LogP contribution in [0.3, 0.4) is 0 Å². The van der Waals surface area contributed by atoms with E-state index in [1.54, 1.807) is 0 Å². The van der Waals surface area contributed by atoms with Crippen molar-refractivity contribution in [2.45, 2.75) is 63.5 Å². The van der Waals surface area contributed by atoms with Gasteiger partial charge in [0.1, 0.15) is 5.71 Å². The summed E-state index contributed by atoms with van der Waals surface area (Å²) in [4.78, 5) is 32.1. The lowest BCUT2D eigenvalue weighted by Crippen LogP contribution is -2.80. The molecule has 32 heavy (non-hydrogen) atoms. The molecule has 2 amide bonds. The summed E-state index contributed by atoms with van der Waals surface area (Å²) >= 11 is 0. The summed E-state index contributed by atoms with van der Waals surface area (Å²) in [5.41, 5.74) is 8.58. The first kappa shape index (κ1) is 21.4. The van der Waals surface area contributed by atoms with E-state index in [4.69, 9.17) is 11.1 Å². The van der Waals surface area contributed by atoms with E-state index >= 15 is 0 Å². The highest BCUT2D eigenvalue weighted by Gasteiger charge is 2.61. The molecule has 4 fully saturated rings. The first-order valence-electron chi connectivity index (χ1n) is 12.3. The van der Waals surface area contributed by atoms with Gasteiger partial charge in [0.05, 0.1) is 6.04 Å². The fourth-order valence-corrected chi connectivity index (χ4v) is 6.39. The number of hydrogen-bond acceptors (Lipinski definition) is 5. The highest BCUT2D eigenvalue weighted by Crippen LogP contribution is 2.51. The second-order valence-electron chi connectivity index (χ2n) is 10.0. The average Bonchev–Trinajstić information content (AvgIpc) is 3.08. The van der Waals surface area contributed by atoms with Crippen molar-refractivity contribution in [1.82, 2.24) is 14.7 Å². The van der Waals surface area contributed by atoms with Crippen molar-refractivity contribution in [2.75, 3.05) is 38.5 Å². The lowest BCUT2D eigenvalue weighted by molar-refractivity contribution is -0.180. The number of nitrogens with one attached hydrogen (secondary N) is 1. The molecule has 1 aromatic rings. The van der Waals surface area contributed by atoms with E-state index in [1.807, 2.05) is 28.0 Å². The Bertz CT molecular complexity index is 942. The van der Waals surface area contributed by atoms with Crippen LogP contribution >= 0.6 is 0 Å². The number of nitrogens with two attached hydrogens (primary N) is 1. The minimum atomic E-state index is -0.187. The first-order chi connectivity index (χ1) is 15.4. The molecular formula is C25H35N5O2. The van der Waals surface area contributed by atoms with Crippen LogP contribution in [0.1, 0.15) is 56.6 Å². The summed E-state index contributed by atoms with van der Waals surface area (Å²) in [5, 5.41) is 8.59. The Hall–Kier alpha value is -2.41. The third-order valence-electron chi connectivity index (χ3n) is 8.45. The monoisotopic (exact) mass is 437 g/mol. The zero-order chi connectivity index (χ0) is 22.5. The SMILES string of the molecule is CCCN1CCC(CCc2ccc(C(=N)C(=O)N3CCN4CCC45CCC35)c(N)c2)C1=O. The van der Waals surface area contributed by atoms with Gasteiger partial charge >= 0.3 is 0 Å². The zero-order valence-corrected chi connectivity index (χ0v) is 19.1. The minimum Gasteiger partial charge on any atom is -0.398 e. The molecule has 4 aliphatic rings. The number of nitrogen functional groups attached to an aromatic ring is 1. The van der Waals surface area contributed by atoms with Gasteiger partial charge in [-0.05, 0) is 56.6 Å². The smallest absolute Gasteiger partial charge is 0.272 e. The van der Waals surface area contributed by atoms with Gasteiger partial charge in [-0.25, -0.2) is 0 Å². The fourth-order valence-electron chi connectivity index (χ4n) is 6.39. The number of anilines is 1. The lowest BCUT2D eigenvalue weighted by atomic mass is 9.61. The Morgan fingerprint density at radius 2 is 2.03 bits per heavy atom.